The van der Waals surface area contributed by atoms with Crippen LogP contribution in [0.3, 0.4) is 0 Å². The molecule has 2 saturated heterocycles. The molecule has 6 nitrogen and oxygen atoms in total. The van der Waals surface area contributed by atoms with E-state index in [4.69, 9.17) is 9.73 Å². The second-order valence-electron chi connectivity index (χ2n) is 8.13. The van der Waals surface area contributed by atoms with E-state index in [1.54, 1.807) is 0 Å². The molecule has 2 fully saturated rings. The van der Waals surface area contributed by atoms with Gasteiger partial charge in [-0.15, -0.1) is 24.0 Å². The molecular weight excluding hydrogens is 496 g/mol. The van der Waals surface area contributed by atoms with Crippen LogP contribution in [-0.2, 0) is 4.74 Å². The van der Waals surface area contributed by atoms with Crippen molar-refractivity contribution in [1.82, 2.24) is 20.0 Å². The first-order valence-corrected chi connectivity index (χ1v) is 10.9. The van der Waals surface area contributed by atoms with Gasteiger partial charge in [0.05, 0.1) is 19.2 Å². The molecule has 2 heterocycles. The van der Waals surface area contributed by atoms with Gasteiger partial charge in [0.2, 0.25) is 0 Å². The van der Waals surface area contributed by atoms with Gasteiger partial charge in [-0.3, -0.25) is 4.99 Å². The molecule has 3 rings (SSSR count). The number of hydrogen-bond donors (Lipinski definition) is 1. The van der Waals surface area contributed by atoms with E-state index in [2.05, 4.69) is 40.9 Å². The van der Waals surface area contributed by atoms with Gasteiger partial charge in [0.15, 0.2) is 5.96 Å². The van der Waals surface area contributed by atoms with Crippen LogP contribution < -0.4 is 5.32 Å². The van der Waals surface area contributed by atoms with E-state index in [1.165, 1.54) is 25.1 Å². The van der Waals surface area contributed by atoms with Crippen LogP contribution >= 0.6 is 24.0 Å². The molecule has 8 heteroatoms. The molecule has 1 N–H and O–H groups in total. The lowest BCUT2D eigenvalue weighted by atomic mass is 10.1. The molecule has 0 aromatic heterocycles. The fourth-order valence-corrected chi connectivity index (χ4v) is 4.03. The van der Waals surface area contributed by atoms with Crippen molar-refractivity contribution in [3.8, 4) is 0 Å². The van der Waals surface area contributed by atoms with Crippen molar-refractivity contribution in [3.05, 3.63) is 35.6 Å². The summed E-state index contributed by atoms with van der Waals surface area (Å²) in [6.45, 7) is 12.9. The number of guanidine groups is 1. The highest BCUT2D eigenvalue weighted by Gasteiger charge is 2.28. The summed E-state index contributed by atoms with van der Waals surface area (Å²) in [5.74, 6) is 0.728. The Morgan fingerprint density at radius 3 is 2.67 bits per heavy atom. The Balaban J connectivity index is 0.00000320. The van der Waals surface area contributed by atoms with Gasteiger partial charge in [-0.05, 0) is 58.1 Å². The molecule has 2 atom stereocenters. The molecule has 2 aliphatic rings. The second kappa shape index (κ2) is 12.8. The first-order valence-electron chi connectivity index (χ1n) is 10.9. The molecule has 2 aliphatic heterocycles. The fourth-order valence-electron chi connectivity index (χ4n) is 4.03. The maximum atomic E-state index is 13.3. The highest BCUT2D eigenvalue weighted by molar-refractivity contribution is 14.0. The van der Waals surface area contributed by atoms with Gasteiger partial charge in [-0.1, -0.05) is 12.1 Å². The molecule has 1 aromatic carbocycles. The third-order valence-electron chi connectivity index (χ3n) is 5.63. The topological polar surface area (TPSA) is 43.3 Å². The lowest BCUT2D eigenvalue weighted by Gasteiger charge is -2.38. The summed E-state index contributed by atoms with van der Waals surface area (Å²) in [7, 11) is 2.20. The summed E-state index contributed by atoms with van der Waals surface area (Å²) in [6.07, 6.45) is 1.23. The summed E-state index contributed by atoms with van der Waals surface area (Å²) in [5.41, 5.74) is 1.01. The highest BCUT2D eigenvalue weighted by atomic mass is 127. The van der Waals surface area contributed by atoms with Crippen LogP contribution in [0.25, 0.3) is 0 Å². The summed E-state index contributed by atoms with van der Waals surface area (Å²) in [4.78, 5) is 12.1. The maximum absolute atomic E-state index is 13.3. The van der Waals surface area contributed by atoms with E-state index in [9.17, 15) is 4.39 Å². The minimum Gasteiger partial charge on any atom is -0.367 e. The average molecular weight is 533 g/mol. The predicted octanol–water partition coefficient (Wildman–Crippen LogP) is 2.81. The summed E-state index contributed by atoms with van der Waals surface area (Å²) >= 11 is 0. The number of benzene rings is 1. The van der Waals surface area contributed by atoms with Gasteiger partial charge in [-0.2, -0.15) is 0 Å². The smallest absolute Gasteiger partial charge is 0.194 e. The van der Waals surface area contributed by atoms with Gasteiger partial charge in [0.1, 0.15) is 11.9 Å². The van der Waals surface area contributed by atoms with Crippen LogP contribution in [0, 0.1) is 5.82 Å². The van der Waals surface area contributed by atoms with Crippen molar-refractivity contribution >= 4 is 29.9 Å². The van der Waals surface area contributed by atoms with Gasteiger partial charge < -0.3 is 24.8 Å². The summed E-state index contributed by atoms with van der Waals surface area (Å²) in [5, 5.41) is 3.44. The zero-order valence-electron chi connectivity index (χ0n) is 18.5. The van der Waals surface area contributed by atoms with E-state index in [1.807, 2.05) is 12.1 Å². The van der Waals surface area contributed by atoms with Gasteiger partial charge in [-0.25, -0.2) is 4.39 Å². The van der Waals surface area contributed by atoms with Crippen molar-refractivity contribution in [2.45, 2.75) is 32.5 Å². The predicted molar refractivity (Wildman–Crippen MR) is 131 cm³/mol. The van der Waals surface area contributed by atoms with Crippen molar-refractivity contribution in [3.63, 3.8) is 0 Å². The van der Waals surface area contributed by atoms with Crippen molar-refractivity contribution in [2.75, 3.05) is 66.0 Å². The van der Waals surface area contributed by atoms with Gasteiger partial charge >= 0.3 is 0 Å². The molecule has 0 aliphatic carbocycles. The quantitative estimate of drug-likeness (QED) is 0.359. The number of hydrogen-bond acceptors (Lipinski definition) is 4. The van der Waals surface area contributed by atoms with Gasteiger partial charge in [0.25, 0.3) is 0 Å². The minimum absolute atomic E-state index is 0. The van der Waals surface area contributed by atoms with Crippen LogP contribution in [0.2, 0.25) is 0 Å². The molecule has 0 bridgehead atoms. The monoisotopic (exact) mass is 533 g/mol. The Labute approximate surface area is 197 Å². The summed E-state index contributed by atoms with van der Waals surface area (Å²) in [6, 6.07) is 6.63. The number of likely N-dealkylation sites (N-methyl/N-ethyl adjacent to an activating group) is 1. The average Bonchev–Trinajstić information content (AvgIpc) is 2.91. The number of nitrogens with zero attached hydrogens (tertiary/aromatic N) is 4. The molecule has 0 radical (unpaired) electrons. The van der Waals surface area contributed by atoms with Crippen molar-refractivity contribution in [1.29, 1.82) is 0 Å². The molecular formula is C22H37FIN5O. The Bertz CT molecular complexity index is 659. The number of aliphatic imine (C=N–C) groups is 1. The molecule has 1 aromatic rings. The standard InChI is InChI=1S/C22H36FN5O.HI/c1-4-24-22(25-10-13-27-12-5-11-26(3)14-15-27)28-16-18(2)29-21(17-28)19-6-8-20(23)9-7-19;/h6-9,18,21H,4-5,10-17H2,1-3H3,(H,24,25);1H. The van der Waals surface area contributed by atoms with Crippen LogP contribution in [0.15, 0.2) is 29.3 Å². The number of ether oxygens (including phenoxy) is 1. The van der Waals surface area contributed by atoms with Gasteiger partial charge in [0, 0.05) is 32.7 Å². The second-order valence-corrected chi connectivity index (χ2v) is 8.13. The molecule has 30 heavy (non-hydrogen) atoms. The van der Waals surface area contributed by atoms with E-state index < -0.39 is 0 Å². The molecule has 0 spiro atoms. The van der Waals surface area contributed by atoms with Crippen molar-refractivity contribution < 1.29 is 9.13 Å². The summed E-state index contributed by atoms with van der Waals surface area (Å²) < 4.78 is 19.4. The Hall–Kier alpha value is -0.970. The third kappa shape index (κ3) is 7.62. The molecule has 2 unspecified atom stereocenters. The van der Waals surface area contributed by atoms with Crippen LogP contribution in [0.4, 0.5) is 4.39 Å². The van der Waals surface area contributed by atoms with E-state index in [0.717, 1.165) is 63.9 Å². The Morgan fingerprint density at radius 1 is 1.17 bits per heavy atom. The zero-order valence-corrected chi connectivity index (χ0v) is 20.8. The first kappa shape index (κ1) is 25.3. The largest absolute Gasteiger partial charge is 0.367 e. The number of halogens is 2. The lowest BCUT2D eigenvalue weighted by Crippen LogP contribution is -2.51. The molecule has 0 saturated carbocycles. The normalized spacial score (nSPS) is 24.3. The van der Waals surface area contributed by atoms with Crippen LogP contribution in [0.1, 0.15) is 31.9 Å². The van der Waals surface area contributed by atoms with Crippen LogP contribution in [-0.4, -0.2) is 92.7 Å². The van der Waals surface area contributed by atoms with Crippen LogP contribution in [0.5, 0.6) is 0 Å². The van der Waals surface area contributed by atoms with E-state index in [0.29, 0.717) is 0 Å². The number of morpholine rings is 1. The fraction of sp³-hybridized carbons (Fsp3) is 0.682. The Morgan fingerprint density at radius 2 is 1.93 bits per heavy atom. The number of rotatable bonds is 5. The van der Waals surface area contributed by atoms with E-state index in [-0.39, 0.29) is 42.0 Å². The van der Waals surface area contributed by atoms with E-state index >= 15 is 0 Å². The molecule has 0 amide bonds. The first-order chi connectivity index (χ1) is 14.0. The lowest BCUT2D eigenvalue weighted by molar-refractivity contribution is -0.0605. The number of nitrogens with one attached hydrogen (secondary N) is 1. The Kier molecular flexibility index (Phi) is 10.8. The maximum Gasteiger partial charge on any atom is 0.194 e. The highest BCUT2D eigenvalue weighted by Crippen LogP contribution is 2.25. The molecule has 170 valence electrons. The minimum atomic E-state index is -0.218. The third-order valence-corrected chi connectivity index (χ3v) is 5.63. The zero-order chi connectivity index (χ0) is 20.6. The van der Waals surface area contributed by atoms with Crippen molar-refractivity contribution in [2.24, 2.45) is 4.99 Å². The SMILES string of the molecule is CCNC(=NCCN1CCCN(C)CC1)N1CC(C)OC(c2ccc(F)cc2)C1.I.